The monoisotopic (exact) mass is 135 g/mol. The third-order valence-electron chi connectivity index (χ3n) is 1.30. The van der Waals surface area contributed by atoms with Crippen molar-refractivity contribution < 1.29 is 0 Å². The second-order valence-electron chi connectivity index (χ2n) is 1.93. The molecule has 0 saturated heterocycles. The lowest BCUT2D eigenvalue weighted by Gasteiger charge is -2.03. The number of nitrogens with zero attached hydrogens (tertiary/aromatic N) is 3. The summed E-state index contributed by atoms with van der Waals surface area (Å²) < 4.78 is 0. The molecule has 50 valence electrons. The Bertz CT molecular complexity index is 306. The number of aromatic nitrogens is 2. The molecule has 0 radical (unpaired) electrons. The third kappa shape index (κ3) is 0.586. The summed E-state index contributed by atoms with van der Waals surface area (Å²) in [5.74, 6) is 0.586. The Balaban J connectivity index is 2.63. The van der Waals surface area contributed by atoms with Gasteiger partial charge >= 0.3 is 0 Å². The van der Waals surface area contributed by atoms with Crippen LogP contribution in [0.1, 0.15) is 11.9 Å². The molecule has 10 heavy (non-hydrogen) atoms. The Hall–Kier alpha value is -1.45. The van der Waals surface area contributed by atoms with E-state index < -0.39 is 0 Å². The first-order valence-electron chi connectivity index (χ1n) is 2.82. The Morgan fingerprint density at radius 2 is 2.60 bits per heavy atom. The van der Waals surface area contributed by atoms with E-state index in [0.717, 1.165) is 5.69 Å². The van der Waals surface area contributed by atoms with Crippen molar-refractivity contribution >= 4 is 11.8 Å². The minimum absolute atomic E-state index is 0.380. The van der Waals surface area contributed by atoms with Crippen LogP contribution in [0.4, 0.5) is 5.82 Å². The van der Waals surface area contributed by atoms with Gasteiger partial charge in [0.05, 0.1) is 12.3 Å². The number of rotatable bonds is 0. The molecule has 0 spiro atoms. The van der Waals surface area contributed by atoms with Crippen molar-refractivity contribution in [1.82, 2.24) is 9.97 Å². The molecule has 2 rings (SSSR count). The number of nitrogens with one attached hydrogen (secondary N) is 1. The SMILES string of the molecule is NC1N=C=Nc2nc[nH]c21. The molecule has 0 aromatic carbocycles. The van der Waals surface area contributed by atoms with Gasteiger partial charge in [-0.3, -0.25) is 0 Å². The van der Waals surface area contributed by atoms with E-state index in [2.05, 4.69) is 26.0 Å². The normalized spacial score (nSPS) is 21.1. The number of nitrogens with two attached hydrogens (primary N) is 1. The zero-order chi connectivity index (χ0) is 6.97. The van der Waals surface area contributed by atoms with E-state index >= 15 is 0 Å². The molecule has 5 nitrogen and oxygen atoms in total. The predicted molar refractivity (Wildman–Crippen MR) is 35.0 cm³/mol. The first kappa shape index (κ1) is 5.34. The lowest BCUT2D eigenvalue weighted by molar-refractivity contribution is 0.749. The van der Waals surface area contributed by atoms with Gasteiger partial charge in [-0.05, 0) is 0 Å². The maximum atomic E-state index is 5.53. The second kappa shape index (κ2) is 1.76. The molecule has 1 aliphatic heterocycles. The summed E-state index contributed by atoms with van der Waals surface area (Å²) in [6, 6.07) is 2.42. The molecule has 0 saturated carbocycles. The number of aromatic amines is 1. The molecule has 1 atom stereocenters. The molecule has 0 amide bonds. The van der Waals surface area contributed by atoms with Crippen molar-refractivity contribution in [3.8, 4) is 0 Å². The number of hydrogen-bond acceptors (Lipinski definition) is 4. The van der Waals surface area contributed by atoms with Crippen molar-refractivity contribution in [3.63, 3.8) is 0 Å². The smallest absolute Gasteiger partial charge is 0.187 e. The summed E-state index contributed by atoms with van der Waals surface area (Å²) in [6.07, 6.45) is 1.16. The summed E-state index contributed by atoms with van der Waals surface area (Å²) in [6.45, 7) is 0. The quantitative estimate of drug-likeness (QED) is 0.532. The molecule has 0 bridgehead atoms. The van der Waals surface area contributed by atoms with Gasteiger partial charge in [-0.15, -0.1) is 0 Å². The maximum absolute atomic E-state index is 5.53. The van der Waals surface area contributed by atoms with E-state index in [9.17, 15) is 0 Å². The first-order valence-corrected chi connectivity index (χ1v) is 2.82. The van der Waals surface area contributed by atoms with Crippen LogP contribution in [0.15, 0.2) is 16.3 Å². The molecular weight excluding hydrogens is 130 g/mol. The van der Waals surface area contributed by atoms with E-state index in [1.165, 1.54) is 6.33 Å². The van der Waals surface area contributed by atoms with Gasteiger partial charge in [0.1, 0.15) is 5.69 Å². The Morgan fingerprint density at radius 1 is 1.70 bits per heavy atom. The van der Waals surface area contributed by atoms with Crippen LogP contribution in [0.25, 0.3) is 0 Å². The number of H-pyrrole nitrogens is 1. The van der Waals surface area contributed by atoms with E-state index in [1.54, 1.807) is 0 Å². The van der Waals surface area contributed by atoms with Crippen molar-refractivity contribution in [2.24, 2.45) is 15.7 Å². The summed E-state index contributed by atoms with van der Waals surface area (Å²) in [4.78, 5) is 14.2. The van der Waals surface area contributed by atoms with Gasteiger partial charge in [-0.25, -0.2) is 4.98 Å². The van der Waals surface area contributed by atoms with Crippen LogP contribution in [0.3, 0.4) is 0 Å². The maximum Gasteiger partial charge on any atom is 0.187 e. The second-order valence-corrected chi connectivity index (χ2v) is 1.93. The molecule has 0 fully saturated rings. The number of fused-ring (bicyclic) bond motifs is 1. The number of hydrogen-bond donors (Lipinski definition) is 2. The highest BCUT2D eigenvalue weighted by Crippen LogP contribution is 2.21. The van der Waals surface area contributed by atoms with Crippen LogP contribution in [0.5, 0.6) is 0 Å². The molecule has 1 unspecified atom stereocenters. The van der Waals surface area contributed by atoms with Gasteiger partial charge in [-0.1, -0.05) is 0 Å². The zero-order valence-corrected chi connectivity index (χ0v) is 5.07. The highest BCUT2D eigenvalue weighted by molar-refractivity contribution is 5.55. The van der Waals surface area contributed by atoms with Gasteiger partial charge in [0.15, 0.2) is 12.0 Å². The van der Waals surface area contributed by atoms with Crippen LogP contribution >= 0.6 is 0 Å². The summed E-state index contributed by atoms with van der Waals surface area (Å²) in [5.41, 5.74) is 6.28. The van der Waals surface area contributed by atoms with Crippen molar-refractivity contribution in [3.05, 3.63) is 12.0 Å². The standard InChI is InChI=1S/C5H5N5/c6-4-3-5(9-1-7-3)10-2-8-4/h1,4H,6H2,(H,7,9). The average Bonchev–Trinajstić information content (AvgIpc) is 2.36. The fourth-order valence-corrected chi connectivity index (χ4v) is 0.807. The van der Waals surface area contributed by atoms with E-state index in [0.29, 0.717) is 5.82 Å². The predicted octanol–water partition coefficient (Wildman–Crippen LogP) is 0.186. The molecular formula is C5H5N5. The van der Waals surface area contributed by atoms with Crippen molar-refractivity contribution in [1.29, 1.82) is 0 Å². The first-order chi connectivity index (χ1) is 4.88. The summed E-state index contributed by atoms with van der Waals surface area (Å²) in [5, 5.41) is 0. The molecule has 5 heteroatoms. The molecule has 0 aliphatic carbocycles. The van der Waals surface area contributed by atoms with Crippen LogP contribution < -0.4 is 5.73 Å². The highest BCUT2D eigenvalue weighted by Gasteiger charge is 2.13. The van der Waals surface area contributed by atoms with E-state index in [-0.39, 0.29) is 6.17 Å². The fourth-order valence-electron chi connectivity index (χ4n) is 0.807. The van der Waals surface area contributed by atoms with Gasteiger partial charge in [0, 0.05) is 0 Å². The molecule has 2 heterocycles. The topological polar surface area (TPSA) is 79.4 Å². The molecule has 1 aromatic rings. The van der Waals surface area contributed by atoms with Gasteiger partial charge < -0.3 is 10.7 Å². The van der Waals surface area contributed by atoms with Gasteiger partial charge in [0.25, 0.3) is 0 Å². The lowest BCUT2D eigenvalue weighted by Crippen LogP contribution is -2.08. The third-order valence-corrected chi connectivity index (χ3v) is 1.30. The molecule has 3 N–H and O–H groups in total. The average molecular weight is 135 g/mol. The van der Waals surface area contributed by atoms with Crippen LogP contribution in [-0.4, -0.2) is 16.0 Å². The van der Waals surface area contributed by atoms with Crippen molar-refractivity contribution in [2.45, 2.75) is 6.17 Å². The fraction of sp³-hybridized carbons (Fsp3) is 0.200. The number of imidazole rings is 1. The van der Waals surface area contributed by atoms with Gasteiger partial charge in [-0.2, -0.15) is 9.98 Å². The molecule has 1 aromatic heterocycles. The van der Waals surface area contributed by atoms with Gasteiger partial charge in [0.2, 0.25) is 0 Å². The Labute approximate surface area is 56.7 Å². The summed E-state index contributed by atoms with van der Waals surface area (Å²) in [7, 11) is 0. The van der Waals surface area contributed by atoms with E-state index in [4.69, 9.17) is 5.73 Å². The van der Waals surface area contributed by atoms with Crippen LogP contribution in [-0.2, 0) is 0 Å². The zero-order valence-electron chi connectivity index (χ0n) is 5.07. The van der Waals surface area contributed by atoms with E-state index in [1.807, 2.05) is 0 Å². The van der Waals surface area contributed by atoms with Crippen LogP contribution in [0, 0.1) is 0 Å². The highest BCUT2D eigenvalue weighted by atomic mass is 15.1. The van der Waals surface area contributed by atoms with Crippen molar-refractivity contribution in [2.75, 3.05) is 0 Å². The minimum Gasteiger partial charge on any atom is -0.344 e. The van der Waals surface area contributed by atoms with Crippen LogP contribution in [0.2, 0.25) is 0 Å². The number of aliphatic imine (C=N–C) groups is 2. The summed E-state index contributed by atoms with van der Waals surface area (Å²) >= 11 is 0. The Morgan fingerprint density at radius 3 is 3.40 bits per heavy atom. The minimum atomic E-state index is -0.380. The largest absolute Gasteiger partial charge is 0.344 e. The Kier molecular flexibility index (Phi) is 0.943. The molecule has 1 aliphatic rings. The lowest BCUT2D eigenvalue weighted by atomic mass is 10.3.